The Labute approximate surface area is 142 Å². The zero-order chi connectivity index (χ0) is 17.3. The minimum atomic E-state index is -0.464. The maximum absolute atomic E-state index is 12.4. The fourth-order valence-electron chi connectivity index (χ4n) is 2.76. The number of anilines is 1. The molecule has 1 amide bonds. The van der Waals surface area contributed by atoms with E-state index in [1.54, 1.807) is 0 Å². The summed E-state index contributed by atoms with van der Waals surface area (Å²) in [6, 6.07) is 2.64. The van der Waals surface area contributed by atoms with E-state index in [-0.39, 0.29) is 11.3 Å². The van der Waals surface area contributed by atoms with Crippen LogP contribution in [0.2, 0.25) is 0 Å². The van der Waals surface area contributed by atoms with E-state index in [1.165, 1.54) is 37.6 Å². The second-order valence-corrected chi connectivity index (χ2v) is 6.65. The molecule has 0 radical (unpaired) electrons. The van der Waals surface area contributed by atoms with Crippen LogP contribution in [0.3, 0.4) is 0 Å². The summed E-state index contributed by atoms with van der Waals surface area (Å²) in [4.78, 5) is 37.1. The summed E-state index contributed by atoms with van der Waals surface area (Å²) in [5.74, 6) is -0.910. The highest BCUT2D eigenvalue weighted by Gasteiger charge is 2.27. The van der Waals surface area contributed by atoms with Crippen molar-refractivity contribution in [3.8, 4) is 0 Å². The Kier molecular flexibility index (Phi) is 4.48. The molecular weight excluding hydrogens is 330 g/mol. The number of nitrogens with one attached hydrogen (secondary N) is 1. The average Bonchev–Trinajstić information content (AvgIpc) is 2.94. The van der Waals surface area contributed by atoms with Crippen LogP contribution in [0.5, 0.6) is 0 Å². The maximum Gasteiger partial charge on any atom is 0.341 e. The first-order valence-corrected chi connectivity index (χ1v) is 8.41. The van der Waals surface area contributed by atoms with E-state index in [2.05, 4.69) is 10.4 Å². The summed E-state index contributed by atoms with van der Waals surface area (Å²) in [7, 11) is 2.80. The van der Waals surface area contributed by atoms with Gasteiger partial charge >= 0.3 is 5.97 Å². The highest BCUT2D eigenvalue weighted by atomic mass is 32.1. The maximum atomic E-state index is 12.4. The molecule has 2 aromatic heterocycles. The Bertz CT molecular complexity index is 869. The Morgan fingerprint density at radius 3 is 2.75 bits per heavy atom. The molecule has 7 nitrogen and oxygen atoms in total. The monoisotopic (exact) mass is 347 g/mol. The first-order chi connectivity index (χ1) is 11.5. The number of esters is 1. The van der Waals surface area contributed by atoms with Crippen molar-refractivity contribution >= 4 is 28.2 Å². The van der Waals surface area contributed by atoms with Gasteiger partial charge in [-0.15, -0.1) is 11.3 Å². The highest BCUT2D eigenvalue weighted by molar-refractivity contribution is 7.17. The fraction of sp³-hybridized carbons (Fsp3) is 0.375. The van der Waals surface area contributed by atoms with Crippen LogP contribution >= 0.6 is 11.3 Å². The number of fused-ring (bicyclic) bond motifs is 1. The molecule has 0 saturated heterocycles. The van der Waals surface area contributed by atoms with Gasteiger partial charge in [-0.25, -0.2) is 9.48 Å². The number of hydrogen-bond acceptors (Lipinski definition) is 6. The third-order valence-electron chi connectivity index (χ3n) is 3.98. The number of nitrogens with zero attached hydrogens (tertiary/aromatic N) is 2. The average molecular weight is 347 g/mol. The molecule has 8 heteroatoms. The summed E-state index contributed by atoms with van der Waals surface area (Å²) in [6.45, 7) is 0. The van der Waals surface area contributed by atoms with Crippen LogP contribution < -0.4 is 10.9 Å². The second kappa shape index (κ2) is 6.56. The third-order valence-corrected chi connectivity index (χ3v) is 5.19. The van der Waals surface area contributed by atoms with Gasteiger partial charge in [0.25, 0.3) is 11.5 Å². The molecule has 1 N–H and O–H groups in total. The van der Waals surface area contributed by atoms with E-state index < -0.39 is 11.9 Å². The molecule has 0 fully saturated rings. The van der Waals surface area contributed by atoms with E-state index in [1.807, 2.05) is 0 Å². The molecule has 1 aliphatic carbocycles. The van der Waals surface area contributed by atoms with Crippen molar-refractivity contribution in [2.24, 2.45) is 7.05 Å². The summed E-state index contributed by atoms with van der Waals surface area (Å²) < 4.78 is 5.97. The molecule has 0 spiro atoms. The molecule has 0 saturated carbocycles. The summed E-state index contributed by atoms with van der Waals surface area (Å²) in [5, 5.41) is 7.15. The third kappa shape index (κ3) is 2.96. The Balaban J connectivity index is 1.95. The van der Waals surface area contributed by atoms with Gasteiger partial charge in [-0.2, -0.15) is 5.10 Å². The summed E-state index contributed by atoms with van der Waals surface area (Å²) in [5.41, 5.74) is 1.23. The molecular formula is C16H17N3O4S. The molecule has 0 atom stereocenters. The van der Waals surface area contributed by atoms with Crippen LogP contribution in [-0.2, 0) is 24.6 Å². The minimum absolute atomic E-state index is 0.110. The van der Waals surface area contributed by atoms with E-state index in [0.29, 0.717) is 10.6 Å². The molecule has 0 aromatic carbocycles. The number of thiophene rings is 1. The van der Waals surface area contributed by atoms with E-state index in [9.17, 15) is 14.4 Å². The van der Waals surface area contributed by atoms with E-state index in [0.717, 1.165) is 40.8 Å². The summed E-state index contributed by atoms with van der Waals surface area (Å²) >= 11 is 1.41. The number of carbonyl (C=O) groups is 2. The van der Waals surface area contributed by atoms with Crippen molar-refractivity contribution in [2.75, 3.05) is 12.4 Å². The van der Waals surface area contributed by atoms with Gasteiger partial charge in [0.1, 0.15) is 10.7 Å². The van der Waals surface area contributed by atoms with Gasteiger partial charge < -0.3 is 10.1 Å². The Morgan fingerprint density at radius 1 is 1.29 bits per heavy atom. The van der Waals surface area contributed by atoms with Crippen molar-refractivity contribution in [3.63, 3.8) is 0 Å². The lowest BCUT2D eigenvalue weighted by molar-refractivity contribution is 0.0601. The predicted octanol–water partition coefficient (Wildman–Crippen LogP) is 1.76. The fourth-order valence-corrected chi connectivity index (χ4v) is 4.03. The number of aromatic nitrogens is 2. The van der Waals surface area contributed by atoms with Gasteiger partial charge in [-0.3, -0.25) is 9.59 Å². The van der Waals surface area contributed by atoms with Gasteiger partial charge in [-0.1, -0.05) is 0 Å². The topological polar surface area (TPSA) is 90.3 Å². The van der Waals surface area contributed by atoms with Gasteiger partial charge in [0, 0.05) is 18.0 Å². The highest BCUT2D eigenvalue weighted by Crippen LogP contribution is 2.38. The van der Waals surface area contributed by atoms with Crippen molar-refractivity contribution in [3.05, 3.63) is 44.2 Å². The smallest absolute Gasteiger partial charge is 0.341 e. The zero-order valence-electron chi connectivity index (χ0n) is 13.4. The van der Waals surface area contributed by atoms with Crippen molar-refractivity contribution in [1.82, 2.24) is 9.78 Å². The number of methoxy groups -OCH3 is 1. The van der Waals surface area contributed by atoms with Gasteiger partial charge in [0.15, 0.2) is 0 Å². The number of hydrogen-bond donors (Lipinski definition) is 1. The first-order valence-electron chi connectivity index (χ1n) is 7.60. The molecule has 2 aromatic rings. The number of amides is 1. The van der Waals surface area contributed by atoms with Crippen molar-refractivity contribution < 1.29 is 14.3 Å². The first kappa shape index (κ1) is 16.4. The van der Waals surface area contributed by atoms with Crippen LogP contribution in [0.4, 0.5) is 5.00 Å². The van der Waals surface area contributed by atoms with Crippen LogP contribution in [0.1, 0.15) is 44.1 Å². The van der Waals surface area contributed by atoms with Crippen LogP contribution in [0.25, 0.3) is 0 Å². The number of carbonyl (C=O) groups excluding carboxylic acids is 2. The molecule has 0 unspecified atom stereocenters. The lowest BCUT2D eigenvalue weighted by atomic mass is 9.95. The normalized spacial score (nSPS) is 13.2. The molecule has 3 rings (SSSR count). The van der Waals surface area contributed by atoms with Crippen LogP contribution in [-0.4, -0.2) is 28.8 Å². The number of aryl methyl sites for hydroxylation is 2. The second-order valence-electron chi connectivity index (χ2n) is 5.54. The predicted molar refractivity (Wildman–Crippen MR) is 89.7 cm³/mol. The number of ether oxygens (including phenoxy) is 1. The van der Waals surface area contributed by atoms with Crippen LogP contribution in [0.15, 0.2) is 16.9 Å². The Hall–Kier alpha value is -2.48. The Morgan fingerprint density at radius 2 is 2.04 bits per heavy atom. The summed E-state index contributed by atoms with van der Waals surface area (Å²) in [6.07, 6.45) is 3.80. The van der Waals surface area contributed by atoms with Gasteiger partial charge in [0.2, 0.25) is 0 Å². The van der Waals surface area contributed by atoms with Crippen LogP contribution in [0, 0.1) is 0 Å². The zero-order valence-corrected chi connectivity index (χ0v) is 14.2. The molecule has 126 valence electrons. The standard InChI is InChI=1S/C16H17N3O4S/c1-19-12(20)8-7-10(18-19)14(21)17-15-13(16(22)23-2)9-5-3-4-6-11(9)24-15/h7-8H,3-6H2,1-2H3,(H,17,21). The molecule has 1 aliphatic rings. The van der Waals surface area contributed by atoms with Gasteiger partial charge in [0.05, 0.1) is 12.7 Å². The van der Waals surface area contributed by atoms with Crippen molar-refractivity contribution in [2.45, 2.75) is 25.7 Å². The van der Waals surface area contributed by atoms with E-state index in [4.69, 9.17) is 4.74 Å². The molecule has 0 aliphatic heterocycles. The quantitative estimate of drug-likeness (QED) is 0.855. The largest absolute Gasteiger partial charge is 0.465 e. The number of rotatable bonds is 3. The molecule has 0 bridgehead atoms. The van der Waals surface area contributed by atoms with E-state index >= 15 is 0 Å². The minimum Gasteiger partial charge on any atom is -0.465 e. The molecule has 2 heterocycles. The van der Waals surface area contributed by atoms with Gasteiger partial charge in [-0.05, 0) is 37.3 Å². The lowest BCUT2D eigenvalue weighted by Crippen LogP contribution is -2.24. The SMILES string of the molecule is COC(=O)c1c(NC(=O)c2ccc(=O)n(C)n2)sc2c1CCCC2. The van der Waals surface area contributed by atoms with Crippen molar-refractivity contribution in [1.29, 1.82) is 0 Å². The lowest BCUT2D eigenvalue weighted by Gasteiger charge is -2.11. The molecule has 24 heavy (non-hydrogen) atoms.